The fourth-order valence-corrected chi connectivity index (χ4v) is 2.34. The summed E-state index contributed by atoms with van der Waals surface area (Å²) in [5.74, 6) is -0.223. The van der Waals surface area contributed by atoms with E-state index < -0.39 is 5.97 Å². The highest BCUT2D eigenvalue weighted by Gasteiger charge is 2.13. The van der Waals surface area contributed by atoms with Crippen LogP contribution in [0.3, 0.4) is 0 Å². The molecule has 1 aromatic carbocycles. The van der Waals surface area contributed by atoms with Gasteiger partial charge < -0.3 is 5.11 Å². The molecule has 1 N–H and O–H groups in total. The molecule has 20 heavy (non-hydrogen) atoms. The lowest BCUT2D eigenvalue weighted by Crippen LogP contribution is -2.07. The maximum absolute atomic E-state index is 10.9. The van der Waals surface area contributed by atoms with Gasteiger partial charge in [0.2, 0.25) is 0 Å². The van der Waals surface area contributed by atoms with E-state index in [0.717, 1.165) is 18.4 Å². The summed E-state index contributed by atoms with van der Waals surface area (Å²) in [6.07, 6.45) is 3.42. The molecular formula is C15H21N3O2. The predicted octanol–water partition coefficient (Wildman–Crippen LogP) is 3.52. The summed E-state index contributed by atoms with van der Waals surface area (Å²) in [5.41, 5.74) is 1.78. The fraction of sp³-hybridized carbons (Fsp3) is 0.533. The number of aromatic nitrogens is 3. The van der Waals surface area contributed by atoms with Gasteiger partial charge in [-0.3, -0.25) is 0 Å². The van der Waals surface area contributed by atoms with E-state index in [0.29, 0.717) is 11.4 Å². The monoisotopic (exact) mass is 275 g/mol. The standard InChI is InChI=1S/C15H21N3O2/c1-10(2)5-4-6-11(3)18-14-8-7-12(15(19)20)9-13(14)16-17-18/h7-11H,4-6H2,1-3H3,(H,19,20). The minimum Gasteiger partial charge on any atom is -0.478 e. The Labute approximate surface area is 118 Å². The molecule has 0 aliphatic rings. The van der Waals surface area contributed by atoms with Crippen molar-refractivity contribution in [1.82, 2.24) is 15.0 Å². The summed E-state index contributed by atoms with van der Waals surface area (Å²) >= 11 is 0. The highest BCUT2D eigenvalue weighted by atomic mass is 16.4. The van der Waals surface area contributed by atoms with Crippen LogP contribution in [0.2, 0.25) is 0 Å². The smallest absolute Gasteiger partial charge is 0.335 e. The number of carbonyl (C=O) groups is 1. The molecule has 2 rings (SSSR count). The lowest BCUT2D eigenvalue weighted by Gasteiger charge is -2.13. The van der Waals surface area contributed by atoms with E-state index in [1.807, 2.05) is 4.68 Å². The quantitative estimate of drug-likeness (QED) is 0.875. The molecule has 1 unspecified atom stereocenters. The van der Waals surface area contributed by atoms with Crippen molar-refractivity contribution in [2.75, 3.05) is 0 Å². The molecule has 0 saturated carbocycles. The van der Waals surface area contributed by atoms with Crippen LogP contribution in [0.1, 0.15) is 56.4 Å². The van der Waals surface area contributed by atoms with Crippen molar-refractivity contribution in [2.24, 2.45) is 5.92 Å². The molecule has 0 bridgehead atoms. The van der Waals surface area contributed by atoms with Crippen LogP contribution in [-0.4, -0.2) is 26.1 Å². The summed E-state index contributed by atoms with van der Waals surface area (Å²) in [6, 6.07) is 5.24. The van der Waals surface area contributed by atoms with E-state index in [4.69, 9.17) is 5.11 Å². The number of fused-ring (bicyclic) bond motifs is 1. The highest BCUT2D eigenvalue weighted by Crippen LogP contribution is 2.21. The zero-order valence-electron chi connectivity index (χ0n) is 12.2. The predicted molar refractivity (Wildman–Crippen MR) is 77.9 cm³/mol. The molecule has 0 aliphatic carbocycles. The molecular weight excluding hydrogens is 254 g/mol. The van der Waals surface area contributed by atoms with Gasteiger partial charge in [0, 0.05) is 0 Å². The Kier molecular flexibility index (Phi) is 4.37. The van der Waals surface area contributed by atoms with E-state index in [9.17, 15) is 4.79 Å². The summed E-state index contributed by atoms with van der Waals surface area (Å²) in [5, 5.41) is 17.2. The number of nitrogens with zero attached hydrogens (tertiary/aromatic N) is 3. The molecule has 0 radical (unpaired) electrons. The lowest BCUT2D eigenvalue weighted by molar-refractivity contribution is 0.0697. The van der Waals surface area contributed by atoms with Crippen molar-refractivity contribution in [1.29, 1.82) is 0 Å². The van der Waals surface area contributed by atoms with Crippen molar-refractivity contribution in [3.05, 3.63) is 23.8 Å². The van der Waals surface area contributed by atoms with Crippen LogP contribution in [0.5, 0.6) is 0 Å². The summed E-state index contributed by atoms with van der Waals surface area (Å²) < 4.78 is 1.89. The first-order valence-electron chi connectivity index (χ1n) is 7.07. The van der Waals surface area contributed by atoms with Gasteiger partial charge in [-0.05, 0) is 37.5 Å². The first-order chi connectivity index (χ1) is 9.49. The van der Waals surface area contributed by atoms with E-state index >= 15 is 0 Å². The first-order valence-corrected chi connectivity index (χ1v) is 7.07. The third kappa shape index (κ3) is 3.15. The molecule has 5 heteroatoms. The van der Waals surface area contributed by atoms with Gasteiger partial charge >= 0.3 is 5.97 Å². The van der Waals surface area contributed by atoms with E-state index in [2.05, 4.69) is 31.1 Å². The second kappa shape index (κ2) is 6.03. The van der Waals surface area contributed by atoms with Gasteiger partial charge in [0.05, 0.1) is 17.1 Å². The normalized spacial score (nSPS) is 13.0. The second-order valence-corrected chi connectivity index (χ2v) is 5.72. The van der Waals surface area contributed by atoms with Gasteiger partial charge in [-0.2, -0.15) is 0 Å². The van der Waals surface area contributed by atoms with E-state index in [1.54, 1.807) is 18.2 Å². The van der Waals surface area contributed by atoms with E-state index in [1.165, 1.54) is 6.42 Å². The molecule has 0 aliphatic heterocycles. The molecule has 0 amide bonds. The van der Waals surface area contributed by atoms with Crippen molar-refractivity contribution in [2.45, 2.75) is 46.1 Å². The Balaban J connectivity index is 2.16. The zero-order chi connectivity index (χ0) is 14.7. The SMILES string of the molecule is CC(C)CCCC(C)n1nnc2cc(C(=O)O)ccc21. The third-order valence-corrected chi connectivity index (χ3v) is 3.54. The van der Waals surface area contributed by atoms with Crippen molar-refractivity contribution in [3.8, 4) is 0 Å². The Bertz CT molecular complexity index is 604. The van der Waals surface area contributed by atoms with Crippen molar-refractivity contribution in [3.63, 3.8) is 0 Å². The molecule has 5 nitrogen and oxygen atoms in total. The highest BCUT2D eigenvalue weighted by molar-refractivity contribution is 5.92. The molecule has 0 fully saturated rings. The molecule has 108 valence electrons. The molecule has 1 aromatic heterocycles. The average molecular weight is 275 g/mol. The van der Waals surface area contributed by atoms with Gasteiger partial charge in [-0.25, -0.2) is 9.48 Å². The molecule has 2 aromatic rings. The first kappa shape index (κ1) is 14.5. The Hall–Kier alpha value is -1.91. The van der Waals surface area contributed by atoms with Crippen LogP contribution in [0.25, 0.3) is 11.0 Å². The largest absolute Gasteiger partial charge is 0.478 e. The number of benzene rings is 1. The molecule has 1 heterocycles. The van der Waals surface area contributed by atoms with Gasteiger partial charge in [-0.1, -0.05) is 31.9 Å². The molecule has 1 atom stereocenters. The van der Waals surface area contributed by atoms with Crippen LogP contribution in [0, 0.1) is 5.92 Å². The molecule has 0 spiro atoms. The summed E-state index contributed by atoms with van der Waals surface area (Å²) in [6.45, 7) is 6.57. The molecule has 0 saturated heterocycles. The van der Waals surface area contributed by atoms with Gasteiger partial charge in [0.25, 0.3) is 0 Å². The lowest BCUT2D eigenvalue weighted by atomic mass is 10.0. The van der Waals surface area contributed by atoms with Gasteiger partial charge in [0.15, 0.2) is 0 Å². The Morgan fingerprint density at radius 1 is 1.30 bits per heavy atom. The summed E-state index contributed by atoms with van der Waals surface area (Å²) in [7, 11) is 0. The number of aromatic carboxylic acids is 1. The third-order valence-electron chi connectivity index (χ3n) is 3.54. The van der Waals surface area contributed by atoms with Crippen LogP contribution in [-0.2, 0) is 0 Å². The Morgan fingerprint density at radius 3 is 2.70 bits per heavy atom. The number of carboxylic acids is 1. The van der Waals surface area contributed by atoms with Crippen molar-refractivity contribution >= 4 is 17.0 Å². The minimum atomic E-state index is -0.938. The van der Waals surface area contributed by atoms with E-state index in [-0.39, 0.29) is 11.6 Å². The number of hydrogen-bond donors (Lipinski definition) is 1. The van der Waals surface area contributed by atoms with Gasteiger partial charge in [-0.15, -0.1) is 5.10 Å². The second-order valence-electron chi connectivity index (χ2n) is 5.72. The van der Waals surface area contributed by atoms with Crippen LogP contribution in [0.4, 0.5) is 0 Å². The van der Waals surface area contributed by atoms with Crippen LogP contribution < -0.4 is 0 Å². The van der Waals surface area contributed by atoms with Crippen molar-refractivity contribution < 1.29 is 9.90 Å². The minimum absolute atomic E-state index is 0.247. The maximum atomic E-state index is 10.9. The maximum Gasteiger partial charge on any atom is 0.335 e. The number of hydrogen-bond acceptors (Lipinski definition) is 3. The Morgan fingerprint density at radius 2 is 2.05 bits per heavy atom. The fourth-order valence-electron chi connectivity index (χ4n) is 2.34. The topological polar surface area (TPSA) is 68.0 Å². The summed E-state index contributed by atoms with van der Waals surface area (Å²) in [4.78, 5) is 10.9. The van der Waals surface area contributed by atoms with Gasteiger partial charge in [0.1, 0.15) is 5.52 Å². The number of carboxylic acid groups (broad SMARTS) is 1. The van der Waals surface area contributed by atoms with Crippen LogP contribution in [0.15, 0.2) is 18.2 Å². The number of rotatable bonds is 6. The zero-order valence-corrected chi connectivity index (χ0v) is 12.2. The van der Waals surface area contributed by atoms with Crippen LogP contribution >= 0.6 is 0 Å². The average Bonchev–Trinajstić information content (AvgIpc) is 2.80.